The Bertz CT molecular complexity index is 1360. The molecule has 9 heteroatoms. The first-order chi connectivity index (χ1) is 18.4. The van der Waals surface area contributed by atoms with Gasteiger partial charge in [0.1, 0.15) is 24.9 Å². The number of ether oxygens (including phenoxy) is 1. The molecule has 1 N–H and O–H groups in total. The molecule has 0 aromatic heterocycles. The summed E-state index contributed by atoms with van der Waals surface area (Å²) in [5.74, 6) is -0.225. The Morgan fingerprint density at radius 1 is 0.897 bits per heavy atom. The Hall–Kier alpha value is -3.85. The van der Waals surface area contributed by atoms with Gasteiger partial charge in [0.25, 0.3) is 0 Å². The molecule has 0 aliphatic carbocycles. The first kappa shape index (κ1) is 29.7. The highest BCUT2D eigenvalue weighted by atomic mass is 32.2. The van der Waals surface area contributed by atoms with Crippen LogP contribution in [0.5, 0.6) is 5.75 Å². The molecule has 0 saturated heterocycles. The molecule has 3 aromatic carbocycles. The maximum absolute atomic E-state index is 13.6. The topological polar surface area (TPSA) is 96.0 Å². The molecule has 0 radical (unpaired) electrons. The molecule has 0 aliphatic heterocycles. The largest absolute Gasteiger partial charge is 0.489 e. The third kappa shape index (κ3) is 8.85. The molecule has 0 aliphatic rings. The Kier molecular flexibility index (Phi) is 10.1. The first-order valence-electron chi connectivity index (χ1n) is 12.8. The molecule has 1 atom stereocenters. The monoisotopic (exact) mass is 551 g/mol. The van der Waals surface area contributed by atoms with Crippen LogP contribution in [0.25, 0.3) is 0 Å². The van der Waals surface area contributed by atoms with Gasteiger partial charge in [-0.3, -0.25) is 13.9 Å². The van der Waals surface area contributed by atoms with Crippen LogP contribution in [0.15, 0.2) is 78.9 Å². The van der Waals surface area contributed by atoms with Crippen molar-refractivity contribution in [3.8, 4) is 5.75 Å². The predicted molar refractivity (Wildman–Crippen MR) is 154 cm³/mol. The van der Waals surface area contributed by atoms with Gasteiger partial charge >= 0.3 is 0 Å². The lowest BCUT2D eigenvalue weighted by Gasteiger charge is -2.32. The Morgan fingerprint density at radius 2 is 1.54 bits per heavy atom. The molecule has 0 heterocycles. The zero-order valence-corrected chi connectivity index (χ0v) is 23.9. The van der Waals surface area contributed by atoms with Gasteiger partial charge < -0.3 is 15.0 Å². The number of aryl methyl sites for hydroxylation is 1. The molecule has 0 saturated carbocycles. The molecule has 0 spiro atoms. The number of carbonyl (C=O) groups excluding carboxylic acids is 2. The molecule has 0 bridgehead atoms. The van der Waals surface area contributed by atoms with Gasteiger partial charge in [0.05, 0.1) is 11.9 Å². The van der Waals surface area contributed by atoms with E-state index in [0.29, 0.717) is 18.0 Å². The van der Waals surface area contributed by atoms with Gasteiger partial charge in [-0.15, -0.1) is 0 Å². The number of benzene rings is 3. The molecule has 208 valence electrons. The van der Waals surface area contributed by atoms with Crippen molar-refractivity contribution in [1.82, 2.24) is 10.2 Å². The van der Waals surface area contributed by atoms with Crippen LogP contribution in [0.3, 0.4) is 0 Å². The highest BCUT2D eigenvalue weighted by Crippen LogP contribution is 2.23. The van der Waals surface area contributed by atoms with Crippen molar-refractivity contribution < 1.29 is 22.7 Å². The first-order valence-corrected chi connectivity index (χ1v) is 14.7. The van der Waals surface area contributed by atoms with Gasteiger partial charge in [0, 0.05) is 12.6 Å². The molecule has 3 aromatic rings. The van der Waals surface area contributed by atoms with E-state index < -0.39 is 28.5 Å². The standard InChI is InChI=1S/C30H37N3O5S/c1-22(2)31-30(35)24(4)32(19-26-13-9-10-23(3)18-26)29(34)20-33(39(5,36)37)27-14-16-28(17-15-27)38-21-25-11-7-6-8-12-25/h6-18,22,24H,19-21H2,1-5H3,(H,31,35)/t24-/m1/s1. The molecule has 2 amide bonds. The van der Waals surface area contributed by atoms with Crippen molar-refractivity contribution in [3.05, 3.63) is 95.6 Å². The van der Waals surface area contributed by atoms with Crippen LogP contribution in [-0.2, 0) is 32.8 Å². The molecule has 3 rings (SSSR count). The van der Waals surface area contributed by atoms with Crippen molar-refractivity contribution in [1.29, 1.82) is 0 Å². The molecule has 39 heavy (non-hydrogen) atoms. The normalized spacial score (nSPS) is 12.1. The number of hydrogen-bond acceptors (Lipinski definition) is 5. The Labute approximate surface area is 231 Å². The van der Waals surface area contributed by atoms with Crippen molar-refractivity contribution >= 4 is 27.5 Å². The number of carbonyl (C=O) groups is 2. The summed E-state index contributed by atoms with van der Waals surface area (Å²) < 4.78 is 32.4. The quantitative estimate of drug-likeness (QED) is 0.363. The van der Waals surface area contributed by atoms with Crippen molar-refractivity contribution in [2.45, 2.75) is 52.9 Å². The lowest BCUT2D eigenvalue weighted by molar-refractivity contribution is -0.139. The van der Waals surface area contributed by atoms with Gasteiger partial charge in [0.15, 0.2) is 0 Å². The van der Waals surface area contributed by atoms with E-state index in [1.54, 1.807) is 31.2 Å². The summed E-state index contributed by atoms with van der Waals surface area (Å²) >= 11 is 0. The number of nitrogens with zero attached hydrogens (tertiary/aromatic N) is 2. The van der Waals surface area contributed by atoms with Crippen LogP contribution in [0.1, 0.15) is 37.5 Å². The summed E-state index contributed by atoms with van der Waals surface area (Å²) in [4.78, 5) is 27.9. The highest BCUT2D eigenvalue weighted by molar-refractivity contribution is 7.92. The third-order valence-electron chi connectivity index (χ3n) is 6.09. The lowest BCUT2D eigenvalue weighted by Crippen LogP contribution is -2.52. The number of amides is 2. The van der Waals surface area contributed by atoms with Crippen LogP contribution in [0, 0.1) is 6.92 Å². The summed E-state index contributed by atoms with van der Waals surface area (Å²) in [6, 6.07) is 23.0. The SMILES string of the molecule is Cc1cccc(CN(C(=O)CN(c2ccc(OCc3ccccc3)cc2)S(C)(=O)=O)[C@H](C)C(=O)NC(C)C)c1. The average Bonchev–Trinajstić information content (AvgIpc) is 2.88. The maximum atomic E-state index is 13.6. The second-order valence-corrected chi connectivity index (χ2v) is 11.8. The fourth-order valence-electron chi connectivity index (χ4n) is 4.06. The van der Waals surface area contributed by atoms with Crippen LogP contribution >= 0.6 is 0 Å². The fourth-order valence-corrected chi connectivity index (χ4v) is 4.91. The number of rotatable bonds is 12. The van der Waals surface area contributed by atoms with Gasteiger partial charge in [-0.1, -0.05) is 60.2 Å². The zero-order valence-electron chi connectivity index (χ0n) is 23.1. The zero-order chi connectivity index (χ0) is 28.6. The van der Waals surface area contributed by atoms with E-state index in [0.717, 1.165) is 27.3 Å². The van der Waals surface area contributed by atoms with Crippen LogP contribution in [0.2, 0.25) is 0 Å². The van der Waals surface area contributed by atoms with E-state index in [1.807, 2.05) is 75.4 Å². The van der Waals surface area contributed by atoms with E-state index in [2.05, 4.69) is 5.32 Å². The fraction of sp³-hybridized carbons (Fsp3) is 0.333. The van der Waals surface area contributed by atoms with Crippen LogP contribution in [0.4, 0.5) is 5.69 Å². The summed E-state index contributed by atoms with van der Waals surface area (Å²) in [5.41, 5.74) is 3.20. The summed E-state index contributed by atoms with van der Waals surface area (Å²) in [7, 11) is -3.81. The molecule has 8 nitrogen and oxygen atoms in total. The number of hydrogen-bond donors (Lipinski definition) is 1. The maximum Gasteiger partial charge on any atom is 0.244 e. The summed E-state index contributed by atoms with van der Waals surface area (Å²) in [5, 5.41) is 2.84. The van der Waals surface area contributed by atoms with Crippen molar-refractivity contribution in [3.63, 3.8) is 0 Å². The van der Waals surface area contributed by atoms with Gasteiger partial charge in [0.2, 0.25) is 21.8 Å². The molecule has 0 unspecified atom stereocenters. The molecular weight excluding hydrogens is 514 g/mol. The predicted octanol–water partition coefficient (Wildman–Crippen LogP) is 4.28. The summed E-state index contributed by atoms with van der Waals surface area (Å²) in [6.45, 7) is 7.37. The van der Waals surface area contributed by atoms with E-state index >= 15 is 0 Å². The lowest BCUT2D eigenvalue weighted by atomic mass is 10.1. The second kappa shape index (κ2) is 13.3. The van der Waals surface area contributed by atoms with Gasteiger partial charge in [-0.2, -0.15) is 0 Å². The molecule has 0 fully saturated rings. The van der Waals surface area contributed by atoms with Crippen molar-refractivity contribution in [2.24, 2.45) is 0 Å². The van der Waals surface area contributed by atoms with Gasteiger partial charge in [-0.05, 0) is 63.1 Å². The van der Waals surface area contributed by atoms with Crippen molar-refractivity contribution in [2.75, 3.05) is 17.1 Å². The molecular formula is C30H37N3O5S. The second-order valence-electron chi connectivity index (χ2n) is 9.89. The Morgan fingerprint density at radius 3 is 2.13 bits per heavy atom. The minimum atomic E-state index is -3.81. The number of sulfonamides is 1. The van der Waals surface area contributed by atoms with E-state index in [-0.39, 0.29) is 18.5 Å². The van der Waals surface area contributed by atoms with Gasteiger partial charge in [-0.25, -0.2) is 8.42 Å². The average molecular weight is 552 g/mol. The Balaban J connectivity index is 1.82. The van der Waals surface area contributed by atoms with Crippen LogP contribution in [-0.4, -0.2) is 50.0 Å². The van der Waals surface area contributed by atoms with E-state index in [1.165, 1.54) is 4.90 Å². The smallest absolute Gasteiger partial charge is 0.244 e. The van der Waals surface area contributed by atoms with E-state index in [4.69, 9.17) is 4.74 Å². The minimum Gasteiger partial charge on any atom is -0.489 e. The van der Waals surface area contributed by atoms with E-state index in [9.17, 15) is 18.0 Å². The highest BCUT2D eigenvalue weighted by Gasteiger charge is 2.30. The summed E-state index contributed by atoms with van der Waals surface area (Å²) in [6.07, 6.45) is 1.06. The van der Waals surface area contributed by atoms with Crippen LogP contribution < -0.4 is 14.4 Å². The number of anilines is 1. The number of nitrogens with one attached hydrogen (secondary N) is 1. The minimum absolute atomic E-state index is 0.106. The third-order valence-corrected chi connectivity index (χ3v) is 7.23.